The number of rotatable bonds is 3. The van der Waals surface area contributed by atoms with Gasteiger partial charge in [0, 0.05) is 24.8 Å². The van der Waals surface area contributed by atoms with Gasteiger partial charge < -0.3 is 11.1 Å². The van der Waals surface area contributed by atoms with Crippen molar-refractivity contribution in [3.63, 3.8) is 0 Å². The Kier molecular flexibility index (Phi) is 4.69. The number of nitrogens with one attached hydrogen (secondary N) is 1. The summed E-state index contributed by atoms with van der Waals surface area (Å²) >= 11 is 0. The molecule has 1 heterocycles. The summed E-state index contributed by atoms with van der Waals surface area (Å²) in [6, 6.07) is 7.96. The van der Waals surface area contributed by atoms with E-state index in [-0.39, 0.29) is 23.4 Å². The number of benzene rings is 1. The molecule has 1 saturated heterocycles. The first kappa shape index (κ1) is 16.0. The maximum Gasteiger partial charge on any atom is 0.241 e. The lowest BCUT2D eigenvalue weighted by Gasteiger charge is -2.44. The summed E-state index contributed by atoms with van der Waals surface area (Å²) < 4.78 is 0. The number of likely N-dealkylation sites (tertiary alicyclic amines) is 1. The van der Waals surface area contributed by atoms with E-state index < -0.39 is 0 Å². The van der Waals surface area contributed by atoms with Crippen LogP contribution in [0, 0.1) is 12.3 Å². The Morgan fingerprint density at radius 3 is 2.81 bits per heavy atom. The average Bonchev–Trinajstić information content (AvgIpc) is 2.41. The molecule has 0 aliphatic carbocycles. The van der Waals surface area contributed by atoms with E-state index in [0.717, 1.165) is 30.8 Å². The molecule has 3 N–H and O–H groups in total. The van der Waals surface area contributed by atoms with E-state index in [1.54, 1.807) is 0 Å². The summed E-state index contributed by atoms with van der Waals surface area (Å²) in [5, 5.41) is 3.01. The fourth-order valence-corrected chi connectivity index (χ4v) is 2.88. The summed E-state index contributed by atoms with van der Waals surface area (Å²) in [7, 11) is 0. The highest BCUT2D eigenvalue weighted by Crippen LogP contribution is 2.29. The molecule has 1 aromatic rings. The third kappa shape index (κ3) is 3.83. The van der Waals surface area contributed by atoms with Crippen LogP contribution in [-0.2, 0) is 4.79 Å². The van der Waals surface area contributed by atoms with Gasteiger partial charge in [-0.15, -0.1) is 0 Å². The zero-order chi connectivity index (χ0) is 15.6. The first-order valence-electron chi connectivity index (χ1n) is 7.67. The number of amides is 1. The molecule has 1 amide bonds. The predicted molar refractivity (Wildman–Crippen MR) is 87.2 cm³/mol. The summed E-state index contributed by atoms with van der Waals surface area (Å²) in [6.45, 7) is 10.1. The van der Waals surface area contributed by atoms with E-state index in [4.69, 9.17) is 5.73 Å². The Morgan fingerprint density at radius 2 is 2.19 bits per heavy atom. The fourth-order valence-electron chi connectivity index (χ4n) is 2.88. The number of nitrogens with two attached hydrogens (primary N) is 1. The average molecular weight is 289 g/mol. The zero-order valence-corrected chi connectivity index (χ0v) is 13.5. The Labute approximate surface area is 127 Å². The second-order valence-corrected chi connectivity index (χ2v) is 6.89. The quantitative estimate of drug-likeness (QED) is 0.898. The van der Waals surface area contributed by atoms with Crippen LogP contribution in [0.2, 0.25) is 0 Å². The summed E-state index contributed by atoms with van der Waals surface area (Å²) in [4.78, 5) is 14.7. The molecule has 0 spiro atoms. The van der Waals surface area contributed by atoms with E-state index in [9.17, 15) is 4.79 Å². The second kappa shape index (κ2) is 6.16. The standard InChI is InChI=1S/C17H27N3O/c1-12-6-5-7-14(10-12)19-16(21)13(2)20-9-8-15(18)17(3,4)11-20/h5-7,10,13,15H,8-9,11,18H2,1-4H3,(H,19,21). The van der Waals surface area contributed by atoms with Gasteiger partial charge in [-0.05, 0) is 43.4 Å². The van der Waals surface area contributed by atoms with Crippen LogP contribution >= 0.6 is 0 Å². The third-order valence-electron chi connectivity index (χ3n) is 4.55. The molecule has 1 aliphatic rings. The molecule has 0 saturated carbocycles. The molecule has 21 heavy (non-hydrogen) atoms. The Hall–Kier alpha value is -1.39. The number of aryl methyl sites for hydroxylation is 1. The van der Waals surface area contributed by atoms with Crippen molar-refractivity contribution in [1.29, 1.82) is 0 Å². The van der Waals surface area contributed by atoms with Crippen molar-refractivity contribution in [2.75, 3.05) is 18.4 Å². The minimum Gasteiger partial charge on any atom is -0.327 e. The summed E-state index contributed by atoms with van der Waals surface area (Å²) in [5.41, 5.74) is 8.22. The molecule has 0 aromatic heterocycles. The second-order valence-electron chi connectivity index (χ2n) is 6.89. The minimum atomic E-state index is -0.141. The van der Waals surface area contributed by atoms with Crippen molar-refractivity contribution in [1.82, 2.24) is 4.90 Å². The summed E-state index contributed by atoms with van der Waals surface area (Å²) in [6.07, 6.45) is 0.940. The van der Waals surface area contributed by atoms with E-state index in [2.05, 4.69) is 24.1 Å². The normalized spacial score (nSPS) is 23.6. The summed E-state index contributed by atoms with van der Waals surface area (Å²) in [5.74, 6) is 0.0480. The van der Waals surface area contributed by atoms with Crippen molar-refractivity contribution in [2.45, 2.75) is 46.2 Å². The van der Waals surface area contributed by atoms with Gasteiger partial charge in [-0.1, -0.05) is 26.0 Å². The van der Waals surface area contributed by atoms with Gasteiger partial charge in [0.2, 0.25) is 5.91 Å². The van der Waals surface area contributed by atoms with Crippen LogP contribution in [0.15, 0.2) is 24.3 Å². The van der Waals surface area contributed by atoms with Crippen molar-refractivity contribution in [3.8, 4) is 0 Å². The lowest BCUT2D eigenvalue weighted by atomic mass is 9.79. The lowest BCUT2D eigenvalue weighted by molar-refractivity contribution is -0.122. The first-order valence-corrected chi connectivity index (χ1v) is 7.67. The molecule has 2 rings (SSSR count). The number of piperidine rings is 1. The molecule has 1 aromatic carbocycles. The van der Waals surface area contributed by atoms with E-state index >= 15 is 0 Å². The maximum absolute atomic E-state index is 12.4. The number of hydrogen-bond acceptors (Lipinski definition) is 3. The van der Waals surface area contributed by atoms with E-state index in [1.165, 1.54) is 0 Å². The molecule has 0 radical (unpaired) electrons. The van der Waals surface area contributed by atoms with Crippen molar-refractivity contribution < 1.29 is 4.79 Å². The number of hydrogen-bond donors (Lipinski definition) is 2. The van der Waals surface area contributed by atoms with Crippen LogP contribution in [-0.4, -0.2) is 36.0 Å². The number of carbonyl (C=O) groups is 1. The van der Waals surface area contributed by atoms with Crippen LogP contribution in [0.25, 0.3) is 0 Å². The van der Waals surface area contributed by atoms with Gasteiger partial charge in [-0.2, -0.15) is 0 Å². The smallest absolute Gasteiger partial charge is 0.241 e. The lowest BCUT2D eigenvalue weighted by Crippen LogP contribution is -2.56. The zero-order valence-electron chi connectivity index (χ0n) is 13.5. The van der Waals surface area contributed by atoms with Crippen molar-refractivity contribution in [3.05, 3.63) is 29.8 Å². The van der Waals surface area contributed by atoms with Crippen LogP contribution in [0.4, 0.5) is 5.69 Å². The highest BCUT2D eigenvalue weighted by atomic mass is 16.2. The Bertz CT molecular complexity index is 513. The highest BCUT2D eigenvalue weighted by Gasteiger charge is 2.36. The van der Waals surface area contributed by atoms with Gasteiger partial charge >= 0.3 is 0 Å². The van der Waals surface area contributed by atoms with Gasteiger partial charge in [0.1, 0.15) is 0 Å². The van der Waals surface area contributed by atoms with Gasteiger partial charge in [0.25, 0.3) is 0 Å². The molecular formula is C17H27N3O. The van der Waals surface area contributed by atoms with Gasteiger partial charge in [-0.25, -0.2) is 0 Å². The molecule has 1 aliphatic heterocycles. The molecule has 2 unspecified atom stereocenters. The van der Waals surface area contributed by atoms with Crippen molar-refractivity contribution >= 4 is 11.6 Å². The fraction of sp³-hybridized carbons (Fsp3) is 0.588. The van der Waals surface area contributed by atoms with E-state index in [0.29, 0.717) is 0 Å². The van der Waals surface area contributed by atoms with Crippen LogP contribution < -0.4 is 11.1 Å². The largest absolute Gasteiger partial charge is 0.327 e. The number of nitrogens with zero attached hydrogens (tertiary/aromatic N) is 1. The third-order valence-corrected chi connectivity index (χ3v) is 4.55. The monoisotopic (exact) mass is 289 g/mol. The van der Waals surface area contributed by atoms with Crippen LogP contribution in [0.3, 0.4) is 0 Å². The predicted octanol–water partition coefficient (Wildman–Crippen LogP) is 2.38. The van der Waals surface area contributed by atoms with Gasteiger partial charge in [0.15, 0.2) is 0 Å². The number of anilines is 1. The van der Waals surface area contributed by atoms with Gasteiger partial charge in [0.05, 0.1) is 6.04 Å². The van der Waals surface area contributed by atoms with E-state index in [1.807, 2.05) is 38.1 Å². The molecule has 4 heteroatoms. The number of carbonyl (C=O) groups excluding carboxylic acids is 1. The Balaban J connectivity index is 1.99. The molecule has 116 valence electrons. The molecular weight excluding hydrogens is 262 g/mol. The molecule has 0 bridgehead atoms. The van der Waals surface area contributed by atoms with Crippen molar-refractivity contribution in [2.24, 2.45) is 11.1 Å². The highest BCUT2D eigenvalue weighted by molar-refractivity contribution is 5.94. The maximum atomic E-state index is 12.4. The minimum absolute atomic E-state index is 0.0480. The SMILES string of the molecule is Cc1cccc(NC(=O)C(C)N2CCC(N)C(C)(C)C2)c1. The van der Waals surface area contributed by atoms with Gasteiger partial charge in [-0.3, -0.25) is 9.69 Å². The molecule has 2 atom stereocenters. The van der Waals surface area contributed by atoms with Crippen LogP contribution in [0.1, 0.15) is 32.8 Å². The topological polar surface area (TPSA) is 58.4 Å². The Morgan fingerprint density at radius 1 is 1.48 bits per heavy atom. The first-order chi connectivity index (χ1) is 9.79. The van der Waals surface area contributed by atoms with Crippen LogP contribution in [0.5, 0.6) is 0 Å². The molecule has 1 fully saturated rings. The molecule has 4 nitrogen and oxygen atoms in total.